The number of aryl methyl sites for hydroxylation is 1. The molecule has 0 aliphatic heterocycles. The molecule has 1 nitrogen and oxygen atoms in total. The fourth-order valence-corrected chi connectivity index (χ4v) is 1.84. The summed E-state index contributed by atoms with van der Waals surface area (Å²) in [6.07, 6.45) is 1.85. The van der Waals surface area contributed by atoms with Crippen LogP contribution < -0.4 is 0 Å². The van der Waals surface area contributed by atoms with E-state index >= 15 is 0 Å². The summed E-state index contributed by atoms with van der Waals surface area (Å²) in [6.45, 7) is 2.12. The van der Waals surface area contributed by atoms with Crippen molar-refractivity contribution >= 4 is 5.57 Å². The lowest BCUT2D eigenvalue weighted by Crippen LogP contribution is -1.90. The van der Waals surface area contributed by atoms with Crippen LogP contribution in [0.1, 0.15) is 16.7 Å². The van der Waals surface area contributed by atoms with Gasteiger partial charge in [-0.05, 0) is 23.6 Å². The van der Waals surface area contributed by atoms with Crippen molar-refractivity contribution in [3.63, 3.8) is 0 Å². The van der Waals surface area contributed by atoms with Crippen molar-refractivity contribution in [1.82, 2.24) is 0 Å². The molecule has 0 heterocycles. The number of benzene rings is 2. The second-order valence-corrected chi connectivity index (χ2v) is 4.03. The van der Waals surface area contributed by atoms with Crippen LogP contribution in [0.25, 0.3) is 5.57 Å². The van der Waals surface area contributed by atoms with Crippen LogP contribution in [0.5, 0.6) is 0 Å². The van der Waals surface area contributed by atoms with Crippen molar-refractivity contribution in [2.75, 3.05) is 6.61 Å². The number of aliphatic hydroxyl groups excluding tert-OH is 1. The Labute approximate surface area is 102 Å². The topological polar surface area (TPSA) is 20.2 Å². The molecule has 2 rings (SSSR count). The molecule has 0 bridgehead atoms. The summed E-state index contributed by atoms with van der Waals surface area (Å²) >= 11 is 0. The van der Waals surface area contributed by atoms with E-state index in [2.05, 4.69) is 43.3 Å². The van der Waals surface area contributed by atoms with Gasteiger partial charge >= 0.3 is 0 Å². The van der Waals surface area contributed by atoms with Crippen LogP contribution >= 0.6 is 0 Å². The molecule has 0 unspecified atom stereocenters. The van der Waals surface area contributed by atoms with Crippen LogP contribution in [-0.2, 0) is 0 Å². The molecule has 0 aromatic heterocycles. The van der Waals surface area contributed by atoms with Gasteiger partial charge in [-0.2, -0.15) is 0 Å². The molecule has 0 fully saturated rings. The molecular formula is C16H16O. The minimum atomic E-state index is 0.0537. The van der Waals surface area contributed by atoms with Gasteiger partial charge < -0.3 is 5.11 Å². The zero-order valence-electron chi connectivity index (χ0n) is 9.93. The van der Waals surface area contributed by atoms with Crippen molar-refractivity contribution in [1.29, 1.82) is 0 Å². The second kappa shape index (κ2) is 5.46. The van der Waals surface area contributed by atoms with Gasteiger partial charge in [0.2, 0.25) is 0 Å². The minimum absolute atomic E-state index is 0.0537. The van der Waals surface area contributed by atoms with Crippen molar-refractivity contribution in [2.45, 2.75) is 6.92 Å². The van der Waals surface area contributed by atoms with E-state index in [-0.39, 0.29) is 6.61 Å². The minimum Gasteiger partial charge on any atom is -0.392 e. The highest BCUT2D eigenvalue weighted by Gasteiger charge is 2.03. The van der Waals surface area contributed by atoms with Crippen LogP contribution in [-0.4, -0.2) is 11.7 Å². The summed E-state index contributed by atoms with van der Waals surface area (Å²) in [4.78, 5) is 0. The summed E-state index contributed by atoms with van der Waals surface area (Å²) in [5, 5.41) is 9.14. The van der Waals surface area contributed by atoms with Gasteiger partial charge in [-0.1, -0.05) is 66.2 Å². The van der Waals surface area contributed by atoms with E-state index in [0.29, 0.717) is 0 Å². The predicted octanol–water partition coefficient (Wildman–Crippen LogP) is 3.42. The largest absolute Gasteiger partial charge is 0.392 e. The zero-order chi connectivity index (χ0) is 12.1. The Hall–Kier alpha value is -1.86. The van der Waals surface area contributed by atoms with E-state index in [4.69, 9.17) is 5.11 Å². The first-order chi connectivity index (χ1) is 8.31. The maximum atomic E-state index is 9.14. The molecule has 0 spiro atoms. The quantitative estimate of drug-likeness (QED) is 0.847. The molecule has 86 valence electrons. The van der Waals surface area contributed by atoms with E-state index < -0.39 is 0 Å². The Kier molecular flexibility index (Phi) is 3.73. The maximum Gasteiger partial charge on any atom is 0.0621 e. The first-order valence-corrected chi connectivity index (χ1v) is 5.75. The third kappa shape index (κ3) is 2.83. The fraction of sp³-hybridized carbons (Fsp3) is 0.125. The molecule has 2 aromatic carbocycles. The number of aliphatic hydroxyl groups is 1. The van der Waals surface area contributed by atoms with Crippen LogP contribution in [0, 0.1) is 6.92 Å². The Balaban J connectivity index is 2.44. The fourth-order valence-electron chi connectivity index (χ4n) is 1.84. The standard InChI is InChI=1S/C16H16O/c1-13-7-9-15(10-8-13)16(11-12-17)14-5-3-2-4-6-14/h2-11,17H,12H2,1H3/b16-11-. The van der Waals surface area contributed by atoms with E-state index in [1.165, 1.54) is 5.56 Å². The summed E-state index contributed by atoms with van der Waals surface area (Å²) in [7, 11) is 0. The van der Waals surface area contributed by atoms with Gasteiger partial charge in [-0.15, -0.1) is 0 Å². The van der Waals surface area contributed by atoms with Crippen molar-refractivity contribution in [3.8, 4) is 0 Å². The molecule has 1 N–H and O–H groups in total. The molecular weight excluding hydrogens is 208 g/mol. The molecule has 17 heavy (non-hydrogen) atoms. The van der Waals surface area contributed by atoms with Crippen LogP contribution in [0.2, 0.25) is 0 Å². The van der Waals surface area contributed by atoms with Gasteiger partial charge in [0, 0.05) is 0 Å². The van der Waals surface area contributed by atoms with Crippen LogP contribution in [0.3, 0.4) is 0 Å². The second-order valence-electron chi connectivity index (χ2n) is 4.03. The number of hydrogen-bond acceptors (Lipinski definition) is 1. The van der Waals surface area contributed by atoms with Crippen LogP contribution in [0.4, 0.5) is 0 Å². The molecule has 0 atom stereocenters. The van der Waals surface area contributed by atoms with Gasteiger partial charge in [0.1, 0.15) is 0 Å². The summed E-state index contributed by atoms with van der Waals surface area (Å²) in [5.41, 5.74) is 4.58. The zero-order valence-corrected chi connectivity index (χ0v) is 9.93. The van der Waals surface area contributed by atoms with E-state index in [1.807, 2.05) is 24.3 Å². The molecule has 0 aliphatic carbocycles. The monoisotopic (exact) mass is 224 g/mol. The van der Waals surface area contributed by atoms with Gasteiger partial charge in [0.25, 0.3) is 0 Å². The first-order valence-electron chi connectivity index (χ1n) is 5.75. The third-order valence-electron chi connectivity index (χ3n) is 2.74. The van der Waals surface area contributed by atoms with Gasteiger partial charge in [-0.3, -0.25) is 0 Å². The highest BCUT2D eigenvalue weighted by atomic mass is 16.2. The highest BCUT2D eigenvalue weighted by molar-refractivity contribution is 5.79. The van der Waals surface area contributed by atoms with Crippen molar-refractivity contribution in [2.24, 2.45) is 0 Å². The normalized spacial score (nSPS) is 11.5. The van der Waals surface area contributed by atoms with Crippen molar-refractivity contribution < 1.29 is 5.11 Å². The van der Waals surface area contributed by atoms with Gasteiger partial charge in [-0.25, -0.2) is 0 Å². The average Bonchev–Trinajstić information content (AvgIpc) is 2.38. The maximum absolute atomic E-state index is 9.14. The Morgan fingerprint density at radius 2 is 1.53 bits per heavy atom. The molecule has 0 saturated heterocycles. The van der Waals surface area contributed by atoms with E-state index in [9.17, 15) is 0 Å². The van der Waals surface area contributed by atoms with Crippen molar-refractivity contribution in [3.05, 3.63) is 77.4 Å². The lowest BCUT2D eigenvalue weighted by atomic mass is 9.97. The summed E-state index contributed by atoms with van der Waals surface area (Å²) in [5.74, 6) is 0. The SMILES string of the molecule is Cc1ccc(/C(=C\CO)c2ccccc2)cc1. The summed E-state index contributed by atoms with van der Waals surface area (Å²) in [6, 6.07) is 18.5. The molecule has 0 aliphatic rings. The molecule has 2 aromatic rings. The van der Waals surface area contributed by atoms with Gasteiger partial charge in [0.15, 0.2) is 0 Å². The van der Waals surface area contributed by atoms with E-state index in [0.717, 1.165) is 16.7 Å². The molecule has 1 heteroatoms. The van der Waals surface area contributed by atoms with Gasteiger partial charge in [0.05, 0.1) is 6.61 Å². The molecule has 0 amide bonds. The van der Waals surface area contributed by atoms with Crippen LogP contribution in [0.15, 0.2) is 60.7 Å². The Morgan fingerprint density at radius 1 is 0.941 bits per heavy atom. The molecule has 0 saturated carbocycles. The molecule has 0 radical (unpaired) electrons. The third-order valence-corrected chi connectivity index (χ3v) is 2.74. The first kappa shape index (κ1) is 11.6. The lowest BCUT2D eigenvalue weighted by molar-refractivity contribution is 0.343. The average molecular weight is 224 g/mol. The predicted molar refractivity (Wildman–Crippen MR) is 71.8 cm³/mol. The number of hydrogen-bond donors (Lipinski definition) is 1. The smallest absolute Gasteiger partial charge is 0.0621 e. The Morgan fingerprint density at radius 3 is 2.12 bits per heavy atom. The highest BCUT2D eigenvalue weighted by Crippen LogP contribution is 2.23. The Bertz CT molecular complexity index is 495. The number of rotatable bonds is 3. The lowest BCUT2D eigenvalue weighted by Gasteiger charge is -2.08. The van der Waals surface area contributed by atoms with E-state index in [1.54, 1.807) is 0 Å². The summed E-state index contributed by atoms with van der Waals surface area (Å²) < 4.78 is 0.